The summed E-state index contributed by atoms with van der Waals surface area (Å²) in [4.78, 5) is 32.3. The lowest BCUT2D eigenvalue weighted by Gasteiger charge is -2.30. The fourth-order valence-electron chi connectivity index (χ4n) is 3.53. The Balaban J connectivity index is 2.21. The van der Waals surface area contributed by atoms with E-state index in [2.05, 4.69) is 13.0 Å². The van der Waals surface area contributed by atoms with E-state index in [1.807, 2.05) is 42.3 Å². The first-order valence-corrected chi connectivity index (χ1v) is 12.0. The first kappa shape index (κ1) is 26.5. The van der Waals surface area contributed by atoms with E-state index in [-0.39, 0.29) is 24.4 Å². The number of benzene rings is 1. The monoisotopic (exact) mass is 475 g/mol. The van der Waals surface area contributed by atoms with Crippen molar-refractivity contribution in [2.75, 3.05) is 47.9 Å². The van der Waals surface area contributed by atoms with Crippen molar-refractivity contribution in [1.29, 1.82) is 0 Å². The van der Waals surface area contributed by atoms with Crippen LogP contribution in [0.4, 0.5) is 4.79 Å². The second kappa shape index (κ2) is 12.5. The van der Waals surface area contributed by atoms with Gasteiger partial charge < -0.3 is 24.2 Å². The summed E-state index contributed by atoms with van der Waals surface area (Å²) in [5, 5.41) is 2.04. The average molecular weight is 476 g/mol. The van der Waals surface area contributed by atoms with Gasteiger partial charge in [0, 0.05) is 32.1 Å². The van der Waals surface area contributed by atoms with Crippen molar-refractivity contribution in [1.82, 2.24) is 14.7 Å². The lowest BCUT2D eigenvalue weighted by atomic mass is 10.1. The van der Waals surface area contributed by atoms with Crippen LogP contribution in [-0.2, 0) is 17.8 Å². The number of methoxy groups -OCH3 is 2. The number of urea groups is 1. The molecule has 0 saturated heterocycles. The lowest BCUT2D eigenvalue weighted by Crippen LogP contribution is -2.47. The summed E-state index contributed by atoms with van der Waals surface area (Å²) in [7, 11) is 6.65. The quantitative estimate of drug-likeness (QED) is 0.487. The molecule has 7 nitrogen and oxygen atoms in total. The summed E-state index contributed by atoms with van der Waals surface area (Å²) in [6, 6.07) is 7.73. The zero-order valence-corrected chi connectivity index (χ0v) is 21.7. The van der Waals surface area contributed by atoms with E-state index >= 15 is 0 Å². The molecule has 2 rings (SSSR count). The highest BCUT2D eigenvalue weighted by Crippen LogP contribution is 2.28. The topological polar surface area (TPSA) is 62.3 Å². The Bertz CT molecular complexity index is 926. The molecule has 0 bridgehead atoms. The second-order valence-electron chi connectivity index (χ2n) is 8.73. The Labute approximate surface area is 201 Å². The zero-order valence-electron chi connectivity index (χ0n) is 20.9. The standard InChI is InChI=1S/C25H37N3O4S/c1-18(2)15-28(25(30)26(4)5)17-24(29)27(16-23-19(3)11-13-33-23)12-10-20-8-9-21(31-6)22(14-20)32-7/h8-9,11,13-14,18H,10,12,15-17H2,1-7H3. The van der Waals surface area contributed by atoms with Gasteiger partial charge in [0.05, 0.1) is 20.8 Å². The molecule has 0 aliphatic rings. The summed E-state index contributed by atoms with van der Waals surface area (Å²) in [6.45, 7) is 7.81. The highest BCUT2D eigenvalue weighted by Gasteiger charge is 2.24. The normalized spacial score (nSPS) is 10.8. The third-order valence-corrected chi connectivity index (χ3v) is 6.35. The summed E-state index contributed by atoms with van der Waals surface area (Å²) >= 11 is 1.65. The molecule has 0 aliphatic heterocycles. The molecule has 3 amide bonds. The van der Waals surface area contributed by atoms with Gasteiger partial charge in [-0.05, 0) is 54.0 Å². The minimum atomic E-state index is -0.149. The molecule has 33 heavy (non-hydrogen) atoms. The molecule has 1 heterocycles. The van der Waals surface area contributed by atoms with Gasteiger partial charge in [-0.15, -0.1) is 11.3 Å². The molecule has 182 valence electrons. The van der Waals surface area contributed by atoms with E-state index in [9.17, 15) is 9.59 Å². The Morgan fingerprint density at radius 2 is 1.73 bits per heavy atom. The predicted octanol–water partition coefficient (Wildman–Crippen LogP) is 4.28. The Morgan fingerprint density at radius 1 is 1.03 bits per heavy atom. The molecule has 0 aliphatic carbocycles. The molecule has 0 atom stereocenters. The van der Waals surface area contributed by atoms with Crippen molar-refractivity contribution >= 4 is 23.3 Å². The van der Waals surface area contributed by atoms with Crippen molar-refractivity contribution in [3.05, 3.63) is 45.6 Å². The van der Waals surface area contributed by atoms with Gasteiger partial charge in [-0.3, -0.25) is 4.79 Å². The minimum Gasteiger partial charge on any atom is -0.493 e. The van der Waals surface area contributed by atoms with Crippen LogP contribution in [0.5, 0.6) is 11.5 Å². The fourth-order valence-corrected chi connectivity index (χ4v) is 4.45. The van der Waals surface area contributed by atoms with E-state index < -0.39 is 0 Å². The molecule has 0 saturated carbocycles. The van der Waals surface area contributed by atoms with Crippen LogP contribution in [0, 0.1) is 12.8 Å². The number of hydrogen-bond acceptors (Lipinski definition) is 5. The predicted molar refractivity (Wildman–Crippen MR) is 133 cm³/mol. The highest BCUT2D eigenvalue weighted by molar-refractivity contribution is 7.10. The highest BCUT2D eigenvalue weighted by atomic mass is 32.1. The zero-order chi connectivity index (χ0) is 24.5. The number of amides is 3. The summed E-state index contributed by atoms with van der Waals surface area (Å²) < 4.78 is 10.7. The number of carbonyl (C=O) groups excluding carboxylic acids is 2. The first-order chi connectivity index (χ1) is 15.7. The Hall–Kier alpha value is -2.74. The van der Waals surface area contributed by atoms with Gasteiger partial charge in [0.1, 0.15) is 6.54 Å². The van der Waals surface area contributed by atoms with Crippen LogP contribution in [-0.4, -0.2) is 74.6 Å². The maximum Gasteiger partial charge on any atom is 0.319 e. The van der Waals surface area contributed by atoms with Gasteiger partial charge in [0.2, 0.25) is 5.91 Å². The third kappa shape index (κ3) is 7.67. The van der Waals surface area contributed by atoms with Crippen LogP contribution >= 0.6 is 11.3 Å². The van der Waals surface area contributed by atoms with Crippen LogP contribution in [0.2, 0.25) is 0 Å². The summed E-state index contributed by atoms with van der Waals surface area (Å²) in [6.07, 6.45) is 0.669. The van der Waals surface area contributed by atoms with Crippen molar-refractivity contribution in [3.8, 4) is 11.5 Å². The number of hydrogen-bond donors (Lipinski definition) is 0. The minimum absolute atomic E-state index is 0.0564. The molecule has 0 fully saturated rings. The third-order valence-electron chi connectivity index (χ3n) is 5.34. The van der Waals surface area contributed by atoms with E-state index in [4.69, 9.17) is 9.47 Å². The van der Waals surface area contributed by atoms with Crippen LogP contribution in [0.25, 0.3) is 0 Å². The largest absolute Gasteiger partial charge is 0.493 e. The van der Waals surface area contributed by atoms with E-state index in [1.54, 1.807) is 44.6 Å². The molecule has 8 heteroatoms. The van der Waals surface area contributed by atoms with Crippen LogP contribution in [0.3, 0.4) is 0 Å². The van der Waals surface area contributed by atoms with E-state index in [0.29, 0.717) is 37.6 Å². The van der Waals surface area contributed by atoms with Gasteiger partial charge >= 0.3 is 6.03 Å². The van der Waals surface area contributed by atoms with E-state index in [0.717, 1.165) is 10.4 Å². The van der Waals surface area contributed by atoms with Crippen molar-refractivity contribution in [3.63, 3.8) is 0 Å². The number of nitrogens with zero attached hydrogens (tertiary/aromatic N) is 3. The Kier molecular flexibility index (Phi) is 10.0. The molecule has 2 aromatic rings. The Morgan fingerprint density at radius 3 is 2.27 bits per heavy atom. The van der Waals surface area contributed by atoms with Gasteiger partial charge in [-0.1, -0.05) is 19.9 Å². The SMILES string of the molecule is COc1ccc(CCN(Cc2sccc2C)C(=O)CN(CC(C)C)C(=O)N(C)C)cc1OC. The van der Waals surface area contributed by atoms with Gasteiger partial charge in [0.25, 0.3) is 0 Å². The van der Waals surface area contributed by atoms with Crippen LogP contribution < -0.4 is 9.47 Å². The smallest absolute Gasteiger partial charge is 0.319 e. The molecule has 0 N–H and O–H groups in total. The van der Waals surface area contributed by atoms with Crippen LogP contribution in [0.1, 0.15) is 29.9 Å². The van der Waals surface area contributed by atoms with E-state index in [1.165, 1.54) is 10.5 Å². The molecular formula is C25H37N3O4S. The van der Waals surface area contributed by atoms with Crippen molar-refractivity contribution < 1.29 is 19.1 Å². The first-order valence-electron chi connectivity index (χ1n) is 11.1. The number of aryl methyl sites for hydroxylation is 1. The maximum atomic E-state index is 13.4. The van der Waals surface area contributed by atoms with Gasteiger partial charge in [0.15, 0.2) is 11.5 Å². The van der Waals surface area contributed by atoms with Gasteiger partial charge in [-0.2, -0.15) is 0 Å². The number of rotatable bonds is 11. The molecule has 0 radical (unpaired) electrons. The second-order valence-corrected chi connectivity index (χ2v) is 9.73. The number of ether oxygens (including phenoxy) is 2. The molecular weight excluding hydrogens is 438 g/mol. The fraction of sp³-hybridized carbons (Fsp3) is 0.520. The molecule has 0 unspecified atom stereocenters. The van der Waals surface area contributed by atoms with Crippen molar-refractivity contribution in [2.45, 2.75) is 33.7 Å². The lowest BCUT2D eigenvalue weighted by molar-refractivity contribution is -0.132. The summed E-state index contributed by atoms with van der Waals surface area (Å²) in [5.74, 6) is 1.55. The molecule has 0 spiro atoms. The van der Waals surface area contributed by atoms with Gasteiger partial charge in [-0.25, -0.2) is 4.79 Å². The summed E-state index contributed by atoms with van der Waals surface area (Å²) in [5.41, 5.74) is 2.23. The molecule has 1 aromatic carbocycles. The van der Waals surface area contributed by atoms with Crippen molar-refractivity contribution in [2.24, 2.45) is 5.92 Å². The molecule has 1 aromatic heterocycles. The number of thiophene rings is 1. The van der Waals surface area contributed by atoms with Crippen LogP contribution in [0.15, 0.2) is 29.6 Å². The maximum absolute atomic E-state index is 13.4. The average Bonchev–Trinajstić information content (AvgIpc) is 3.18. The number of carbonyl (C=O) groups is 2.